The van der Waals surface area contributed by atoms with Crippen LogP contribution in [0.25, 0.3) is 0 Å². The van der Waals surface area contributed by atoms with E-state index in [-0.39, 0.29) is 0 Å². The number of imidazole rings is 1. The van der Waals surface area contributed by atoms with Gasteiger partial charge in [0.15, 0.2) is 0 Å². The molecule has 1 aromatic heterocycles. The molecule has 1 N–H and O–H groups in total. The number of rotatable bonds is 2. The van der Waals surface area contributed by atoms with Crippen LogP contribution in [-0.4, -0.2) is 38.1 Å². The Labute approximate surface area is 82.0 Å². The minimum Gasteiger partial charge on any atom is -0.480 e. The molecular formula is C9H13N3O2. The van der Waals surface area contributed by atoms with Crippen LogP contribution in [-0.2, 0) is 17.9 Å². The van der Waals surface area contributed by atoms with E-state index in [0.29, 0.717) is 6.54 Å². The molecule has 2 heterocycles. The first-order chi connectivity index (χ1) is 6.68. The van der Waals surface area contributed by atoms with Crippen molar-refractivity contribution in [1.82, 2.24) is 14.5 Å². The summed E-state index contributed by atoms with van der Waals surface area (Å²) >= 11 is 0. The third-order valence-corrected chi connectivity index (χ3v) is 2.68. The van der Waals surface area contributed by atoms with Crippen molar-refractivity contribution in [3.05, 3.63) is 18.2 Å². The number of aromatic nitrogens is 2. The van der Waals surface area contributed by atoms with Gasteiger partial charge in [0.25, 0.3) is 0 Å². The quantitative estimate of drug-likeness (QED) is 0.731. The van der Waals surface area contributed by atoms with Gasteiger partial charge in [-0.2, -0.15) is 0 Å². The second kappa shape index (κ2) is 3.42. The van der Waals surface area contributed by atoms with Crippen molar-refractivity contribution in [2.75, 3.05) is 6.54 Å². The van der Waals surface area contributed by atoms with Gasteiger partial charge < -0.3 is 9.67 Å². The summed E-state index contributed by atoms with van der Waals surface area (Å²) in [5.41, 5.74) is 0. The molecule has 1 aromatic rings. The van der Waals surface area contributed by atoms with Gasteiger partial charge in [0.2, 0.25) is 0 Å². The van der Waals surface area contributed by atoms with Crippen molar-refractivity contribution in [2.24, 2.45) is 0 Å². The molecule has 5 nitrogen and oxygen atoms in total. The third-order valence-electron chi connectivity index (χ3n) is 2.68. The summed E-state index contributed by atoms with van der Waals surface area (Å²) in [6, 6.07) is -0.430. The van der Waals surface area contributed by atoms with Crippen molar-refractivity contribution >= 4 is 5.97 Å². The van der Waals surface area contributed by atoms with E-state index in [4.69, 9.17) is 5.11 Å². The van der Waals surface area contributed by atoms with Crippen LogP contribution >= 0.6 is 0 Å². The van der Waals surface area contributed by atoms with Crippen molar-refractivity contribution in [2.45, 2.75) is 26.1 Å². The van der Waals surface area contributed by atoms with Crippen LogP contribution in [0.15, 0.2) is 12.4 Å². The highest BCUT2D eigenvalue weighted by atomic mass is 16.4. The van der Waals surface area contributed by atoms with Crippen molar-refractivity contribution in [3.8, 4) is 0 Å². The third kappa shape index (κ3) is 1.50. The summed E-state index contributed by atoms with van der Waals surface area (Å²) < 4.78 is 2.06. The fraction of sp³-hybridized carbons (Fsp3) is 0.556. The number of hydrogen-bond acceptors (Lipinski definition) is 3. The molecule has 1 atom stereocenters. The normalized spacial score (nSPS) is 18.9. The van der Waals surface area contributed by atoms with Gasteiger partial charge in [-0.25, -0.2) is 4.98 Å². The van der Waals surface area contributed by atoms with Crippen molar-refractivity contribution in [3.63, 3.8) is 0 Å². The number of carboxylic acid groups (broad SMARTS) is 1. The summed E-state index contributed by atoms with van der Waals surface area (Å²) in [4.78, 5) is 16.9. The van der Waals surface area contributed by atoms with Crippen LogP contribution in [0.4, 0.5) is 0 Å². The zero-order valence-electron chi connectivity index (χ0n) is 8.05. The highest BCUT2D eigenvalue weighted by Crippen LogP contribution is 2.12. The van der Waals surface area contributed by atoms with Gasteiger partial charge in [-0.1, -0.05) is 0 Å². The molecule has 5 heteroatoms. The van der Waals surface area contributed by atoms with E-state index >= 15 is 0 Å². The van der Waals surface area contributed by atoms with Gasteiger partial charge >= 0.3 is 5.97 Å². The molecule has 0 bridgehead atoms. The number of carboxylic acids is 1. The number of fused-ring (bicyclic) bond motifs is 1. The Morgan fingerprint density at radius 2 is 2.43 bits per heavy atom. The highest BCUT2D eigenvalue weighted by Gasteiger charge is 2.24. The molecule has 0 aromatic carbocycles. The molecular weight excluding hydrogens is 182 g/mol. The SMILES string of the molecule is C[C@H](C(=O)O)N1CCn2ccnc2C1. The summed E-state index contributed by atoms with van der Waals surface area (Å²) in [5.74, 6) is 0.175. The number of aliphatic carboxylic acids is 1. The molecule has 2 rings (SSSR count). The van der Waals surface area contributed by atoms with E-state index in [1.807, 2.05) is 11.1 Å². The second-order valence-corrected chi connectivity index (χ2v) is 3.52. The smallest absolute Gasteiger partial charge is 0.320 e. The lowest BCUT2D eigenvalue weighted by Gasteiger charge is -2.30. The Bertz CT molecular complexity index is 348. The molecule has 0 saturated carbocycles. The van der Waals surface area contributed by atoms with Gasteiger partial charge in [-0.05, 0) is 6.92 Å². The van der Waals surface area contributed by atoms with Crippen molar-refractivity contribution < 1.29 is 9.90 Å². The van der Waals surface area contributed by atoms with E-state index in [1.54, 1.807) is 13.1 Å². The van der Waals surface area contributed by atoms with Gasteiger partial charge in [-0.3, -0.25) is 9.69 Å². The highest BCUT2D eigenvalue weighted by molar-refractivity contribution is 5.72. The predicted molar refractivity (Wildman–Crippen MR) is 49.7 cm³/mol. The van der Waals surface area contributed by atoms with Crippen LogP contribution in [0.3, 0.4) is 0 Å². The molecule has 14 heavy (non-hydrogen) atoms. The molecule has 0 saturated heterocycles. The summed E-state index contributed by atoms with van der Waals surface area (Å²) in [6.07, 6.45) is 3.68. The minimum absolute atomic E-state index is 0.430. The van der Waals surface area contributed by atoms with E-state index in [2.05, 4.69) is 9.55 Å². The van der Waals surface area contributed by atoms with Gasteiger partial charge in [0.05, 0.1) is 6.54 Å². The topological polar surface area (TPSA) is 58.4 Å². The number of carbonyl (C=O) groups is 1. The predicted octanol–water partition coefficient (Wildman–Crippen LogP) is 0.172. The summed E-state index contributed by atoms with van der Waals surface area (Å²) in [7, 11) is 0. The largest absolute Gasteiger partial charge is 0.480 e. The summed E-state index contributed by atoms with van der Waals surface area (Å²) in [5, 5.41) is 8.86. The standard InChI is InChI=1S/C9H13N3O2/c1-7(9(13)14)12-5-4-11-3-2-10-8(11)6-12/h2-3,7H,4-6H2,1H3,(H,13,14)/t7-/m1/s1. The lowest BCUT2D eigenvalue weighted by atomic mass is 10.2. The number of nitrogens with zero attached hydrogens (tertiary/aromatic N) is 3. The molecule has 0 radical (unpaired) electrons. The Kier molecular flexibility index (Phi) is 2.25. The number of hydrogen-bond donors (Lipinski definition) is 1. The molecule has 0 aliphatic carbocycles. The lowest BCUT2D eigenvalue weighted by molar-refractivity contribution is -0.143. The van der Waals surface area contributed by atoms with Gasteiger partial charge in [0, 0.05) is 25.5 Å². The summed E-state index contributed by atoms with van der Waals surface area (Å²) in [6.45, 7) is 3.94. The van der Waals surface area contributed by atoms with Crippen molar-refractivity contribution in [1.29, 1.82) is 0 Å². The monoisotopic (exact) mass is 195 g/mol. The molecule has 1 aliphatic heterocycles. The molecule has 76 valence electrons. The molecule has 0 fully saturated rings. The van der Waals surface area contributed by atoms with Crippen LogP contribution in [0.2, 0.25) is 0 Å². The first-order valence-corrected chi connectivity index (χ1v) is 4.65. The zero-order chi connectivity index (χ0) is 10.1. The Morgan fingerprint density at radius 3 is 3.14 bits per heavy atom. The Morgan fingerprint density at radius 1 is 1.64 bits per heavy atom. The molecule has 0 spiro atoms. The maximum absolute atomic E-state index is 10.8. The van der Waals surface area contributed by atoms with Crippen LogP contribution < -0.4 is 0 Å². The van der Waals surface area contributed by atoms with Gasteiger partial charge in [0.1, 0.15) is 11.9 Å². The minimum atomic E-state index is -0.773. The maximum Gasteiger partial charge on any atom is 0.320 e. The average molecular weight is 195 g/mol. The van der Waals surface area contributed by atoms with Crippen LogP contribution in [0.5, 0.6) is 0 Å². The van der Waals surface area contributed by atoms with E-state index in [0.717, 1.165) is 18.9 Å². The maximum atomic E-state index is 10.8. The first-order valence-electron chi connectivity index (χ1n) is 4.65. The molecule has 0 amide bonds. The van der Waals surface area contributed by atoms with Crippen LogP contribution in [0, 0.1) is 0 Å². The van der Waals surface area contributed by atoms with Crippen LogP contribution in [0.1, 0.15) is 12.7 Å². The fourth-order valence-electron chi connectivity index (χ4n) is 1.68. The Hall–Kier alpha value is -1.36. The second-order valence-electron chi connectivity index (χ2n) is 3.52. The average Bonchev–Trinajstić information content (AvgIpc) is 2.62. The fourth-order valence-corrected chi connectivity index (χ4v) is 1.68. The first kappa shape index (κ1) is 9.21. The zero-order valence-corrected chi connectivity index (χ0v) is 8.05. The Balaban J connectivity index is 2.11. The molecule has 0 unspecified atom stereocenters. The van der Waals surface area contributed by atoms with E-state index in [1.165, 1.54) is 0 Å². The van der Waals surface area contributed by atoms with E-state index < -0.39 is 12.0 Å². The lowest BCUT2D eigenvalue weighted by Crippen LogP contribution is -2.43. The van der Waals surface area contributed by atoms with Gasteiger partial charge in [-0.15, -0.1) is 0 Å². The van der Waals surface area contributed by atoms with E-state index in [9.17, 15) is 4.79 Å². The molecule has 1 aliphatic rings.